The van der Waals surface area contributed by atoms with Crippen LogP contribution < -0.4 is 30.0 Å². The summed E-state index contributed by atoms with van der Waals surface area (Å²) in [4.78, 5) is 26.1. The number of hydrogen-bond acceptors (Lipinski definition) is 8. The van der Waals surface area contributed by atoms with Gasteiger partial charge in [0.2, 0.25) is 0 Å². The zero-order valence-corrected chi connectivity index (χ0v) is 23.6. The van der Waals surface area contributed by atoms with Gasteiger partial charge in [0.05, 0.1) is 8.07 Å². The molecule has 0 unspecified atom stereocenters. The van der Waals surface area contributed by atoms with E-state index in [9.17, 15) is 0 Å². The predicted octanol–water partition coefficient (Wildman–Crippen LogP) is 3.10. The molecule has 0 aliphatic carbocycles. The maximum Gasteiger partial charge on any atom is 4.00 e. The summed E-state index contributed by atoms with van der Waals surface area (Å²) in [5, 5.41) is 2.39. The Labute approximate surface area is 226 Å². The zero-order valence-electron chi connectivity index (χ0n) is 20.3. The van der Waals surface area contributed by atoms with Crippen LogP contribution in [-0.4, -0.2) is 42.1 Å². The summed E-state index contributed by atoms with van der Waals surface area (Å²) in [6, 6.07) is 20.0. The normalized spacial score (nSPS) is 14.6. The quantitative estimate of drug-likeness (QED) is 0.243. The SMILES string of the molecule is CN1[CH-]N(c2[c-]c([Si](C)(C)c3[c-]c(N4[CH-]N(C)c5nccnc54)ccc3)ccc2)c2nccnc21.[Pt+4]. The number of benzene rings is 2. The van der Waals surface area contributed by atoms with E-state index in [1.54, 1.807) is 24.8 Å². The summed E-state index contributed by atoms with van der Waals surface area (Å²) in [6.45, 7) is 8.66. The summed E-state index contributed by atoms with van der Waals surface area (Å²) < 4.78 is 0. The summed E-state index contributed by atoms with van der Waals surface area (Å²) in [5.41, 5.74) is 1.90. The number of nitrogens with zero attached hydrogens (tertiary/aromatic N) is 8. The molecule has 8 nitrogen and oxygen atoms in total. The van der Waals surface area contributed by atoms with Crippen molar-refractivity contribution in [1.82, 2.24) is 19.9 Å². The van der Waals surface area contributed by atoms with Gasteiger partial charge >= 0.3 is 21.1 Å². The van der Waals surface area contributed by atoms with Crippen molar-refractivity contribution < 1.29 is 21.1 Å². The van der Waals surface area contributed by atoms with E-state index < -0.39 is 8.07 Å². The monoisotopic (exact) mass is 671 g/mol. The molecule has 182 valence electrons. The van der Waals surface area contributed by atoms with Crippen LogP contribution in [0.1, 0.15) is 0 Å². The molecule has 0 spiro atoms. The van der Waals surface area contributed by atoms with Gasteiger partial charge in [-0.05, 0) is 14.1 Å². The molecular weight excluding hydrogens is 648 g/mol. The molecule has 0 amide bonds. The fraction of sp³-hybridized carbons (Fsp3) is 0.154. The summed E-state index contributed by atoms with van der Waals surface area (Å²) >= 11 is 0. The molecule has 2 aromatic heterocycles. The van der Waals surface area contributed by atoms with Crippen LogP contribution in [-0.2, 0) is 21.1 Å². The molecule has 0 N–H and O–H groups in total. The molecule has 2 aliphatic heterocycles. The van der Waals surface area contributed by atoms with Crippen molar-refractivity contribution in [1.29, 1.82) is 0 Å². The zero-order chi connectivity index (χ0) is 24.2. The van der Waals surface area contributed by atoms with E-state index >= 15 is 0 Å². The Hall–Kier alpha value is -3.29. The van der Waals surface area contributed by atoms with E-state index in [1.165, 1.54) is 10.4 Å². The van der Waals surface area contributed by atoms with Crippen molar-refractivity contribution in [3.63, 3.8) is 0 Å². The molecule has 0 radical (unpaired) electrons. The maximum atomic E-state index is 4.55. The van der Waals surface area contributed by atoms with Crippen LogP contribution in [0.15, 0.2) is 61.2 Å². The first-order chi connectivity index (χ1) is 16.9. The van der Waals surface area contributed by atoms with Crippen molar-refractivity contribution in [2.75, 3.05) is 33.7 Å². The van der Waals surface area contributed by atoms with Crippen molar-refractivity contribution in [3.05, 3.63) is 86.7 Å². The van der Waals surface area contributed by atoms with Gasteiger partial charge in [-0.15, -0.1) is 24.7 Å². The minimum absolute atomic E-state index is 0. The first-order valence-electron chi connectivity index (χ1n) is 11.4. The third-order valence-electron chi connectivity index (χ3n) is 6.45. The van der Waals surface area contributed by atoms with Gasteiger partial charge in [0.1, 0.15) is 23.3 Å². The average Bonchev–Trinajstić information content (AvgIpc) is 3.41. The molecular formula is C26H24N8PtSi. The van der Waals surface area contributed by atoms with Crippen molar-refractivity contribution in [2.45, 2.75) is 13.1 Å². The number of rotatable bonds is 4. The van der Waals surface area contributed by atoms with E-state index in [0.29, 0.717) is 0 Å². The fourth-order valence-electron chi connectivity index (χ4n) is 4.47. The molecule has 4 aromatic rings. The standard InChI is InChI=1S/C26H24N8Si.Pt/c1-31-17-33(25-23(31)27-11-13-29-25)19-7-5-9-21(15-19)35(3,4)22-10-6-8-20(16-22)34-18-32(2)24-26(34)30-14-12-28-24;/h5-14,17-18H,1-4H3;/q-4;+4. The largest absolute Gasteiger partial charge is 4.00 e. The minimum Gasteiger partial charge on any atom is -0.487 e. The van der Waals surface area contributed by atoms with E-state index in [4.69, 9.17) is 0 Å². The van der Waals surface area contributed by atoms with Gasteiger partial charge in [0, 0.05) is 24.8 Å². The Kier molecular flexibility index (Phi) is 6.30. The Balaban J connectivity index is 0.00000267. The average molecular weight is 672 g/mol. The van der Waals surface area contributed by atoms with Crippen molar-refractivity contribution in [2.24, 2.45) is 0 Å². The number of hydrogen-bond donors (Lipinski definition) is 0. The van der Waals surface area contributed by atoms with Crippen LogP contribution in [0.2, 0.25) is 13.1 Å². The van der Waals surface area contributed by atoms with E-state index in [0.717, 1.165) is 34.6 Å². The molecule has 6 rings (SSSR count). The number of aromatic nitrogens is 4. The van der Waals surface area contributed by atoms with Crippen LogP contribution in [0.4, 0.5) is 34.6 Å². The van der Waals surface area contributed by atoms with Gasteiger partial charge < -0.3 is 19.6 Å². The van der Waals surface area contributed by atoms with Gasteiger partial charge in [-0.1, -0.05) is 13.1 Å². The van der Waals surface area contributed by atoms with Crippen LogP contribution in [0.3, 0.4) is 0 Å². The molecule has 10 heteroatoms. The second-order valence-electron chi connectivity index (χ2n) is 9.12. The number of fused-ring (bicyclic) bond motifs is 2. The molecule has 36 heavy (non-hydrogen) atoms. The third kappa shape index (κ3) is 3.96. The van der Waals surface area contributed by atoms with Gasteiger partial charge in [-0.3, -0.25) is 0 Å². The Morgan fingerprint density at radius 3 is 1.44 bits per heavy atom. The van der Waals surface area contributed by atoms with Crippen molar-refractivity contribution in [3.8, 4) is 0 Å². The van der Waals surface area contributed by atoms with Crippen molar-refractivity contribution >= 4 is 53.1 Å². The molecule has 2 aromatic carbocycles. The maximum absolute atomic E-state index is 4.55. The molecule has 2 aliphatic rings. The van der Waals surface area contributed by atoms with Crippen LogP contribution in [0, 0.1) is 25.5 Å². The smallest absolute Gasteiger partial charge is 0.487 e. The van der Waals surface area contributed by atoms with E-state index in [-0.39, 0.29) is 21.1 Å². The molecule has 0 fully saturated rings. The molecule has 4 heterocycles. The second kappa shape index (κ2) is 9.30. The molecule has 0 saturated heterocycles. The second-order valence-corrected chi connectivity index (χ2v) is 13.5. The summed E-state index contributed by atoms with van der Waals surface area (Å²) in [6.07, 6.45) is 6.87. The predicted molar refractivity (Wildman–Crippen MR) is 141 cm³/mol. The first kappa shape index (κ1) is 24.4. The van der Waals surface area contributed by atoms with Crippen LogP contribution in [0.25, 0.3) is 0 Å². The Morgan fingerprint density at radius 2 is 1.03 bits per heavy atom. The minimum atomic E-state index is -2.13. The van der Waals surface area contributed by atoms with E-state index in [2.05, 4.69) is 81.6 Å². The van der Waals surface area contributed by atoms with Gasteiger partial charge in [-0.2, -0.15) is 58.9 Å². The molecule has 0 atom stereocenters. The van der Waals surface area contributed by atoms with E-state index in [1.807, 2.05) is 47.0 Å². The number of anilines is 6. The van der Waals surface area contributed by atoms with Gasteiger partial charge in [0.15, 0.2) is 0 Å². The summed E-state index contributed by atoms with van der Waals surface area (Å²) in [5.74, 6) is 3.29. The fourth-order valence-corrected chi connectivity index (χ4v) is 6.67. The van der Waals surface area contributed by atoms with Gasteiger partial charge in [0.25, 0.3) is 0 Å². The first-order valence-corrected chi connectivity index (χ1v) is 14.4. The topological polar surface area (TPSA) is 64.5 Å². The molecule has 0 saturated carbocycles. The van der Waals surface area contributed by atoms with Crippen LogP contribution >= 0.6 is 0 Å². The summed E-state index contributed by atoms with van der Waals surface area (Å²) in [7, 11) is 1.83. The molecule has 0 bridgehead atoms. The Morgan fingerprint density at radius 1 is 0.639 bits per heavy atom. The van der Waals surface area contributed by atoms with Crippen LogP contribution in [0.5, 0.6) is 0 Å². The Bertz CT molecular complexity index is 1310. The third-order valence-corrected chi connectivity index (χ3v) is 9.72. The van der Waals surface area contributed by atoms with Gasteiger partial charge in [-0.25, -0.2) is 19.9 Å².